The van der Waals surface area contributed by atoms with E-state index in [9.17, 15) is 14.7 Å². The summed E-state index contributed by atoms with van der Waals surface area (Å²) in [4.78, 5) is 23.4. The predicted octanol–water partition coefficient (Wildman–Crippen LogP) is 0.133. The first-order chi connectivity index (χ1) is 11.1. The van der Waals surface area contributed by atoms with E-state index in [0.717, 1.165) is 0 Å². The third kappa shape index (κ3) is 4.96. The number of furan rings is 1. The van der Waals surface area contributed by atoms with Crippen LogP contribution in [0.2, 0.25) is 0 Å². The maximum atomic E-state index is 12.2. The van der Waals surface area contributed by atoms with Gasteiger partial charge in [0, 0.05) is 5.56 Å². The van der Waals surface area contributed by atoms with Crippen LogP contribution in [-0.4, -0.2) is 24.4 Å². The van der Waals surface area contributed by atoms with Crippen LogP contribution in [0.5, 0.6) is 5.75 Å². The highest BCUT2D eigenvalue weighted by molar-refractivity contribution is 5.98. The number of hydrogen-bond donors (Lipinski definition) is 1. The van der Waals surface area contributed by atoms with Gasteiger partial charge in [-0.1, -0.05) is 0 Å². The molecular weight excluding hydrogens is 298 g/mol. The number of carbonyl (C=O) groups excluding carboxylic acids is 2. The van der Waals surface area contributed by atoms with Crippen LogP contribution < -0.4 is 15.2 Å². The average molecular weight is 317 g/mol. The second-order valence-electron chi connectivity index (χ2n) is 5.03. The van der Waals surface area contributed by atoms with Gasteiger partial charge in [-0.25, -0.2) is 0 Å². The van der Waals surface area contributed by atoms with Crippen LogP contribution >= 0.6 is 0 Å². The number of Topliss-reactive ketones (excluding diaryl/α,β-unsaturated/α-hetero) is 1. The third-order valence-corrected chi connectivity index (χ3v) is 3.38. The van der Waals surface area contributed by atoms with Crippen molar-refractivity contribution in [1.29, 1.82) is 0 Å². The highest BCUT2D eigenvalue weighted by Gasteiger charge is 2.20. The summed E-state index contributed by atoms with van der Waals surface area (Å²) in [6.45, 7) is 2.75. The molecule has 0 fully saturated rings. The maximum Gasteiger partial charge on any atom is 0.169 e. The molecule has 6 heteroatoms. The van der Waals surface area contributed by atoms with Crippen LogP contribution in [-0.2, 0) is 11.3 Å². The van der Waals surface area contributed by atoms with E-state index in [1.54, 1.807) is 36.4 Å². The fourth-order valence-electron chi connectivity index (χ4n) is 2.17. The normalized spacial score (nSPS) is 11.9. The molecule has 0 amide bonds. The Hall–Kier alpha value is -2.60. The zero-order chi connectivity index (χ0) is 16.7. The first kappa shape index (κ1) is 16.8. The van der Waals surface area contributed by atoms with Crippen LogP contribution in [0.15, 0.2) is 47.1 Å². The Bertz CT molecular complexity index is 634. The number of rotatable bonds is 9. The number of carboxylic acid groups (broad SMARTS) is 1. The summed E-state index contributed by atoms with van der Waals surface area (Å²) in [5.41, 5.74) is 0.450. The molecule has 0 aliphatic rings. The van der Waals surface area contributed by atoms with E-state index in [1.165, 1.54) is 11.6 Å². The van der Waals surface area contributed by atoms with Crippen molar-refractivity contribution in [3.8, 4) is 5.75 Å². The fraction of sp³-hybridized carbons (Fsp3) is 0.294. The summed E-state index contributed by atoms with van der Waals surface area (Å²) in [5, 5.41) is 12.7. The number of hydrogen-bond acceptors (Lipinski definition) is 5. The van der Waals surface area contributed by atoms with Crippen molar-refractivity contribution in [1.82, 2.24) is 0 Å². The zero-order valence-electron chi connectivity index (χ0n) is 12.9. The van der Waals surface area contributed by atoms with Gasteiger partial charge in [-0.2, -0.15) is 0 Å². The Labute approximate surface area is 134 Å². The number of benzene rings is 1. The molecule has 2 rings (SSSR count). The van der Waals surface area contributed by atoms with E-state index in [-0.39, 0.29) is 12.2 Å². The van der Waals surface area contributed by atoms with Gasteiger partial charge in [0.25, 0.3) is 0 Å². The third-order valence-electron chi connectivity index (χ3n) is 3.38. The van der Waals surface area contributed by atoms with Crippen LogP contribution in [0.3, 0.4) is 0 Å². The monoisotopic (exact) mass is 317 g/mol. The van der Waals surface area contributed by atoms with E-state index in [4.69, 9.17) is 9.15 Å². The Kier molecular flexibility index (Phi) is 5.94. The molecule has 23 heavy (non-hydrogen) atoms. The highest BCUT2D eigenvalue weighted by Crippen LogP contribution is 2.13. The molecule has 1 heterocycles. The molecule has 1 atom stereocenters. The molecule has 1 aromatic carbocycles. The van der Waals surface area contributed by atoms with E-state index in [1.807, 2.05) is 6.92 Å². The Morgan fingerprint density at radius 1 is 1.26 bits per heavy atom. The number of ketones is 1. The fourth-order valence-corrected chi connectivity index (χ4v) is 2.17. The molecule has 0 bridgehead atoms. The minimum absolute atomic E-state index is 0.142. The van der Waals surface area contributed by atoms with Crippen molar-refractivity contribution in [2.24, 2.45) is 0 Å². The number of aliphatic carboxylic acids is 1. The second kappa shape index (κ2) is 8.14. The quantitative estimate of drug-likeness (QED) is 0.663. The molecule has 1 aromatic heterocycles. The van der Waals surface area contributed by atoms with E-state index in [0.29, 0.717) is 30.2 Å². The lowest BCUT2D eigenvalue weighted by Gasteiger charge is -2.15. The molecular formula is C17H19NO5. The van der Waals surface area contributed by atoms with Crippen molar-refractivity contribution in [3.05, 3.63) is 54.0 Å². The molecule has 0 spiro atoms. The molecule has 6 nitrogen and oxygen atoms in total. The van der Waals surface area contributed by atoms with Gasteiger partial charge < -0.3 is 24.4 Å². The van der Waals surface area contributed by atoms with Crippen LogP contribution in [0.4, 0.5) is 0 Å². The number of carbonyl (C=O) groups is 2. The standard InChI is InChI=1S/C17H19NO5/c1-2-22-13-7-5-12(6-8-13)16(19)10-15(17(20)21)18-11-14-4-3-9-23-14/h3-9,15,18H,2,10-11H2,1H3,(H,20,21)/t15-/m0/s1. The van der Waals surface area contributed by atoms with Gasteiger partial charge in [-0.15, -0.1) is 0 Å². The Morgan fingerprint density at radius 2 is 2.00 bits per heavy atom. The summed E-state index contributed by atoms with van der Waals surface area (Å²) in [6, 6.07) is 9.16. The van der Waals surface area contributed by atoms with Gasteiger partial charge in [0.1, 0.15) is 18.3 Å². The minimum Gasteiger partial charge on any atom is -0.544 e. The van der Waals surface area contributed by atoms with Crippen LogP contribution in [0.1, 0.15) is 29.5 Å². The highest BCUT2D eigenvalue weighted by atomic mass is 16.5. The predicted molar refractivity (Wildman–Crippen MR) is 79.7 cm³/mol. The van der Waals surface area contributed by atoms with Crippen LogP contribution in [0, 0.1) is 0 Å². The van der Waals surface area contributed by atoms with Gasteiger partial charge in [0.05, 0.1) is 25.3 Å². The summed E-state index contributed by atoms with van der Waals surface area (Å²) >= 11 is 0. The first-order valence-corrected chi connectivity index (χ1v) is 7.42. The SMILES string of the molecule is CCOc1ccc(C(=O)C[C@H]([NH2+]Cc2ccco2)C(=O)[O-])cc1. The molecule has 2 N–H and O–H groups in total. The molecule has 122 valence electrons. The Balaban J connectivity index is 1.95. The molecule has 0 saturated heterocycles. The van der Waals surface area contributed by atoms with Crippen molar-refractivity contribution in [2.75, 3.05) is 6.61 Å². The average Bonchev–Trinajstić information content (AvgIpc) is 3.05. The first-order valence-electron chi connectivity index (χ1n) is 7.42. The van der Waals surface area contributed by atoms with Gasteiger partial charge in [0.15, 0.2) is 11.5 Å². The summed E-state index contributed by atoms with van der Waals surface area (Å²) in [7, 11) is 0. The lowest BCUT2D eigenvalue weighted by atomic mass is 10.0. The molecule has 0 radical (unpaired) electrons. The number of nitrogens with two attached hydrogens (primary N) is 1. The van der Waals surface area contributed by atoms with Gasteiger partial charge in [0.2, 0.25) is 0 Å². The second-order valence-corrected chi connectivity index (χ2v) is 5.03. The topological polar surface area (TPSA) is 96.2 Å². The van der Waals surface area contributed by atoms with Gasteiger partial charge in [-0.05, 0) is 43.3 Å². The summed E-state index contributed by atoms with van der Waals surface area (Å²) in [5.74, 6) is -0.205. The molecule has 0 saturated carbocycles. The minimum atomic E-state index is -1.27. The van der Waals surface area contributed by atoms with Crippen molar-refractivity contribution < 1.29 is 29.2 Å². The molecule has 0 unspecified atom stereocenters. The van der Waals surface area contributed by atoms with Crippen molar-refractivity contribution in [2.45, 2.75) is 25.9 Å². The zero-order valence-corrected chi connectivity index (χ0v) is 12.9. The number of ether oxygens (including phenoxy) is 1. The smallest absolute Gasteiger partial charge is 0.169 e. The maximum absolute atomic E-state index is 12.2. The van der Waals surface area contributed by atoms with Crippen molar-refractivity contribution >= 4 is 11.8 Å². The summed E-state index contributed by atoms with van der Waals surface area (Å²) in [6.07, 6.45) is 1.37. The molecule has 2 aromatic rings. The van der Waals surface area contributed by atoms with Crippen LogP contribution in [0.25, 0.3) is 0 Å². The number of carboxylic acids is 1. The van der Waals surface area contributed by atoms with Crippen molar-refractivity contribution in [3.63, 3.8) is 0 Å². The molecule has 0 aliphatic heterocycles. The van der Waals surface area contributed by atoms with E-state index in [2.05, 4.69) is 0 Å². The van der Waals surface area contributed by atoms with E-state index >= 15 is 0 Å². The summed E-state index contributed by atoms with van der Waals surface area (Å²) < 4.78 is 10.5. The van der Waals surface area contributed by atoms with E-state index < -0.39 is 12.0 Å². The largest absolute Gasteiger partial charge is 0.544 e. The van der Waals surface area contributed by atoms with Gasteiger partial charge >= 0.3 is 0 Å². The molecule has 0 aliphatic carbocycles. The van der Waals surface area contributed by atoms with Gasteiger partial charge in [-0.3, -0.25) is 4.79 Å². The Morgan fingerprint density at radius 3 is 2.57 bits per heavy atom. The lowest BCUT2D eigenvalue weighted by molar-refractivity contribution is -0.698. The lowest BCUT2D eigenvalue weighted by Crippen LogP contribution is -2.92. The number of quaternary nitrogens is 1.